The van der Waals surface area contributed by atoms with Crippen LogP contribution in [0.2, 0.25) is 4.34 Å². The molecule has 0 saturated heterocycles. The Labute approximate surface area is 124 Å². The summed E-state index contributed by atoms with van der Waals surface area (Å²) in [5, 5.41) is 3.99. The monoisotopic (exact) mass is 309 g/mol. The summed E-state index contributed by atoms with van der Waals surface area (Å²) in [6.45, 7) is 1.71. The molecule has 0 aromatic carbocycles. The van der Waals surface area contributed by atoms with Crippen molar-refractivity contribution < 1.29 is 4.79 Å². The zero-order chi connectivity index (χ0) is 14.5. The van der Waals surface area contributed by atoms with Gasteiger partial charge in [-0.2, -0.15) is 5.10 Å². The summed E-state index contributed by atoms with van der Waals surface area (Å²) in [4.78, 5) is 24.0. The van der Waals surface area contributed by atoms with Crippen LogP contribution in [0.5, 0.6) is 0 Å². The van der Waals surface area contributed by atoms with Crippen LogP contribution in [-0.2, 0) is 11.3 Å². The molecule has 1 N–H and O–H groups in total. The molecule has 7 heteroatoms. The lowest BCUT2D eigenvalue weighted by Gasteiger charge is -2.04. The summed E-state index contributed by atoms with van der Waals surface area (Å²) in [6, 6.07) is 8.32. The Morgan fingerprint density at radius 3 is 2.85 bits per heavy atom. The number of hydrogen-bond acceptors (Lipinski definition) is 4. The van der Waals surface area contributed by atoms with Crippen molar-refractivity contribution in [1.82, 2.24) is 9.99 Å². The van der Waals surface area contributed by atoms with Gasteiger partial charge >= 0.3 is 0 Å². The number of pyridine rings is 1. The first-order valence-electron chi connectivity index (χ1n) is 5.80. The van der Waals surface area contributed by atoms with Crippen LogP contribution in [0.1, 0.15) is 11.8 Å². The number of nitrogens with one attached hydrogen (secondary N) is 1. The Morgan fingerprint density at radius 2 is 2.20 bits per heavy atom. The van der Waals surface area contributed by atoms with E-state index >= 15 is 0 Å². The lowest BCUT2D eigenvalue weighted by atomic mass is 10.3. The third kappa shape index (κ3) is 3.79. The van der Waals surface area contributed by atoms with Crippen LogP contribution >= 0.6 is 22.9 Å². The van der Waals surface area contributed by atoms with E-state index < -0.39 is 0 Å². The van der Waals surface area contributed by atoms with Gasteiger partial charge in [-0.05, 0) is 25.1 Å². The molecule has 0 aliphatic carbocycles. The highest BCUT2D eigenvalue weighted by molar-refractivity contribution is 7.18. The molecular weight excluding hydrogens is 298 g/mol. The molecule has 0 spiro atoms. The molecule has 0 saturated carbocycles. The average Bonchev–Trinajstić information content (AvgIpc) is 2.85. The Bertz CT molecular complexity index is 705. The molecule has 20 heavy (non-hydrogen) atoms. The molecule has 0 bridgehead atoms. The fraction of sp³-hybridized carbons (Fsp3) is 0.154. The van der Waals surface area contributed by atoms with Crippen LogP contribution in [-0.4, -0.2) is 16.2 Å². The zero-order valence-corrected chi connectivity index (χ0v) is 12.2. The van der Waals surface area contributed by atoms with E-state index in [4.69, 9.17) is 11.6 Å². The van der Waals surface area contributed by atoms with E-state index in [1.165, 1.54) is 22.0 Å². The van der Waals surface area contributed by atoms with E-state index in [0.717, 1.165) is 4.88 Å². The van der Waals surface area contributed by atoms with E-state index in [1.807, 2.05) is 6.07 Å². The van der Waals surface area contributed by atoms with Gasteiger partial charge in [-0.3, -0.25) is 9.59 Å². The standard InChI is InChI=1S/C13H12ClN3O2S/c1-9(10-5-6-11(14)20-10)15-16-12(18)8-17-7-3-2-4-13(17)19/h2-7H,8H2,1H3,(H,16,18)/b15-9-. The molecule has 0 unspecified atom stereocenters. The molecule has 0 aliphatic heterocycles. The van der Waals surface area contributed by atoms with Crippen LogP contribution in [0, 0.1) is 0 Å². The van der Waals surface area contributed by atoms with E-state index in [9.17, 15) is 9.59 Å². The van der Waals surface area contributed by atoms with Gasteiger partial charge in [0.25, 0.3) is 11.5 Å². The Morgan fingerprint density at radius 1 is 1.40 bits per heavy atom. The van der Waals surface area contributed by atoms with Gasteiger partial charge in [0.15, 0.2) is 0 Å². The first kappa shape index (κ1) is 14.5. The second kappa shape index (κ2) is 6.49. The summed E-state index contributed by atoms with van der Waals surface area (Å²) in [5.74, 6) is -0.361. The van der Waals surface area contributed by atoms with Crippen LogP contribution in [0.15, 0.2) is 46.4 Å². The first-order chi connectivity index (χ1) is 9.56. The number of aromatic nitrogens is 1. The lowest BCUT2D eigenvalue weighted by Crippen LogP contribution is -2.29. The number of thiophene rings is 1. The van der Waals surface area contributed by atoms with E-state index in [1.54, 1.807) is 31.3 Å². The van der Waals surface area contributed by atoms with Crippen molar-refractivity contribution in [2.75, 3.05) is 0 Å². The molecule has 2 heterocycles. The summed E-state index contributed by atoms with van der Waals surface area (Å²) < 4.78 is 1.97. The molecule has 2 aromatic heterocycles. The molecule has 0 fully saturated rings. The normalized spacial score (nSPS) is 11.4. The molecule has 0 atom stereocenters. The highest BCUT2D eigenvalue weighted by Crippen LogP contribution is 2.21. The third-order valence-electron chi connectivity index (χ3n) is 2.49. The predicted octanol–water partition coefficient (Wildman–Crippen LogP) is 2.10. The van der Waals surface area contributed by atoms with Gasteiger partial charge < -0.3 is 4.57 Å². The fourth-order valence-corrected chi connectivity index (χ4v) is 2.48. The maximum absolute atomic E-state index is 11.7. The zero-order valence-electron chi connectivity index (χ0n) is 10.7. The van der Waals surface area contributed by atoms with E-state index in [2.05, 4.69) is 10.5 Å². The average molecular weight is 310 g/mol. The van der Waals surface area contributed by atoms with Crippen molar-refractivity contribution in [3.8, 4) is 0 Å². The van der Waals surface area contributed by atoms with Crippen LogP contribution in [0.4, 0.5) is 0 Å². The SMILES string of the molecule is C/C(=N/NC(=O)Cn1ccccc1=O)c1ccc(Cl)s1. The van der Waals surface area contributed by atoms with Crippen LogP contribution in [0.3, 0.4) is 0 Å². The number of nitrogens with zero attached hydrogens (tertiary/aromatic N) is 2. The van der Waals surface area contributed by atoms with Gasteiger partial charge in [-0.1, -0.05) is 17.7 Å². The van der Waals surface area contributed by atoms with Gasteiger partial charge in [0, 0.05) is 12.3 Å². The Kier molecular flexibility index (Phi) is 4.70. The maximum Gasteiger partial charge on any atom is 0.260 e. The van der Waals surface area contributed by atoms with Crippen molar-refractivity contribution in [2.24, 2.45) is 5.10 Å². The number of carbonyl (C=O) groups is 1. The van der Waals surface area contributed by atoms with Crippen molar-refractivity contribution in [3.05, 3.63) is 56.1 Å². The minimum Gasteiger partial charge on any atom is -0.306 e. The van der Waals surface area contributed by atoms with Gasteiger partial charge in [-0.25, -0.2) is 5.43 Å². The maximum atomic E-state index is 11.7. The van der Waals surface area contributed by atoms with E-state index in [0.29, 0.717) is 10.0 Å². The molecule has 0 radical (unpaired) electrons. The number of amides is 1. The number of carbonyl (C=O) groups excluding carboxylic acids is 1. The minimum atomic E-state index is -0.361. The quantitative estimate of drug-likeness (QED) is 0.694. The fourth-order valence-electron chi connectivity index (χ4n) is 1.49. The Hall–Kier alpha value is -1.92. The second-order valence-electron chi connectivity index (χ2n) is 4.00. The van der Waals surface area contributed by atoms with Crippen LogP contribution < -0.4 is 11.0 Å². The summed E-state index contributed by atoms with van der Waals surface area (Å²) in [7, 11) is 0. The Balaban J connectivity index is 1.99. The van der Waals surface area contributed by atoms with Gasteiger partial charge in [0.05, 0.1) is 14.9 Å². The predicted molar refractivity (Wildman–Crippen MR) is 80.4 cm³/mol. The molecule has 2 rings (SSSR count). The smallest absolute Gasteiger partial charge is 0.260 e. The summed E-state index contributed by atoms with van der Waals surface area (Å²) in [6.07, 6.45) is 1.55. The molecule has 0 aliphatic rings. The highest BCUT2D eigenvalue weighted by Gasteiger charge is 2.05. The third-order valence-corrected chi connectivity index (χ3v) is 3.83. The number of hydrazone groups is 1. The van der Waals surface area contributed by atoms with E-state index in [-0.39, 0.29) is 18.0 Å². The van der Waals surface area contributed by atoms with Crippen molar-refractivity contribution in [3.63, 3.8) is 0 Å². The number of halogens is 1. The second-order valence-corrected chi connectivity index (χ2v) is 5.72. The lowest BCUT2D eigenvalue weighted by molar-refractivity contribution is -0.121. The van der Waals surface area contributed by atoms with Crippen molar-refractivity contribution in [2.45, 2.75) is 13.5 Å². The van der Waals surface area contributed by atoms with Crippen molar-refractivity contribution in [1.29, 1.82) is 0 Å². The van der Waals surface area contributed by atoms with Gasteiger partial charge in [-0.15, -0.1) is 11.3 Å². The van der Waals surface area contributed by atoms with Gasteiger partial charge in [0.2, 0.25) is 0 Å². The van der Waals surface area contributed by atoms with Crippen molar-refractivity contribution >= 4 is 34.6 Å². The molecular formula is C13H12ClN3O2S. The number of hydrogen-bond donors (Lipinski definition) is 1. The topological polar surface area (TPSA) is 63.5 Å². The molecule has 1 amide bonds. The summed E-state index contributed by atoms with van der Waals surface area (Å²) >= 11 is 7.21. The minimum absolute atomic E-state index is 0.0678. The molecule has 104 valence electrons. The summed E-state index contributed by atoms with van der Waals surface area (Å²) in [5.41, 5.74) is 2.85. The first-order valence-corrected chi connectivity index (χ1v) is 7.00. The largest absolute Gasteiger partial charge is 0.306 e. The molecule has 5 nitrogen and oxygen atoms in total. The number of rotatable bonds is 4. The van der Waals surface area contributed by atoms with Gasteiger partial charge in [0.1, 0.15) is 6.54 Å². The highest BCUT2D eigenvalue weighted by atomic mass is 35.5. The molecule has 2 aromatic rings. The van der Waals surface area contributed by atoms with Crippen LogP contribution in [0.25, 0.3) is 0 Å².